The molecule has 1 fully saturated rings. The van der Waals surface area contributed by atoms with Gasteiger partial charge in [0.05, 0.1) is 0 Å². The maximum Gasteiger partial charge on any atom is 0.219 e. The topological polar surface area (TPSA) is 60.8 Å². The van der Waals surface area contributed by atoms with E-state index in [0.717, 1.165) is 68.1 Å². The first-order chi connectivity index (χ1) is 14.7. The van der Waals surface area contributed by atoms with Crippen molar-refractivity contribution in [1.82, 2.24) is 4.90 Å². The number of aryl methyl sites for hydroxylation is 1. The second kappa shape index (κ2) is 9.93. The second-order valence-corrected chi connectivity index (χ2v) is 9.66. The Morgan fingerprint density at radius 1 is 1.19 bits per heavy atom. The standard InChI is InChI=1S/C27H39NO3/c1-6-7-8-9-20-15-25(30)26(23-14-18(4)10-13-22(23)17(2)3)27(31)24(20)16-28(19(5)29)21-11-12-21/h14-15,21-23,30-31H,2,6-13,16H2,1,3-5H3. The van der Waals surface area contributed by atoms with Crippen molar-refractivity contribution in [3.8, 4) is 11.5 Å². The zero-order chi connectivity index (χ0) is 22.7. The molecule has 1 aromatic rings. The number of rotatable bonds is 9. The van der Waals surface area contributed by atoms with E-state index >= 15 is 0 Å². The van der Waals surface area contributed by atoms with Crippen molar-refractivity contribution in [2.75, 3.05) is 0 Å². The van der Waals surface area contributed by atoms with Gasteiger partial charge in [-0.15, -0.1) is 0 Å². The van der Waals surface area contributed by atoms with Crippen LogP contribution in [0, 0.1) is 5.92 Å². The van der Waals surface area contributed by atoms with Gasteiger partial charge in [-0.25, -0.2) is 0 Å². The third kappa shape index (κ3) is 5.34. The van der Waals surface area contributed by atoms with E-state index in [2.05, 4.69) is 26.5 Å². The lowest BCUT2D eigenvalue weighted by Gasteiger charge is -2.33. The van der Waals surface area contributed by atoms with Crippen LogP contribution in [0.2, 0.25) is 0 Å². The largest absolute Gasteiger partial charge is 0.507 e. The summed E-state index contributed by atoms with van der Waals surface area (Å²) in [5, 5.41) is 22.6. The first kappa shape index (κ1) is 23.4. The molecule has 0 saturated heterocycles. The van der Waals surface area contributed by atoms with Crippen molar-refractivity contribution >= 4 is 5.91 Å². The van der Waals surface area contributed by atoms with Gasteiger partial charge < -0.3 is 15.1 Å². The Hall–Kier alpha value is -2.23. The highest BCUT2D eigenvalue weighted by atomic mass is 16.3. The highest BCUT2D eigenvalue weighted by Gasteiger charge is 2.35. The van der Waals surface area contributed by atoms with Crippen molar-refractivity contribution in [2.24, 2.45) is 5.92 Å². The molecule has 170 valence electrons. The fourth-order valence-corrected chi connectivity index (χ4v) is 5.02. The third-order valence-corrected chi connectivity index (χ3v) is 7.00. The fourth-order valence-electron chi connectivity index (χ4n) is 5.02. The molecule has 1 saturated carbocycles. The van der Waals surface area contributed by atoms with E-state index < -0.39 is 0 Å². The molecule has 1 aromatic carbocycles. The number of aromatic hydroxyl groups is 2. The summed E-state index contributed by atoms with van der Waals surface area (Å²) in [6.45, 7) is 12.5. The molecule has 0 aliphatic heterocycles. The number of carbonyl (C=O) groups is 1. The number of nitrogens with zero attached hydrogens (tertiary/aromatic N) is 1. The zero-order valence-corrected chi connectivity index (χ0v) is 19.7. The Morgan fingerprint density at radius 2 is 1.90 bits per heavy atom. The number of hydrogen-bond donors (Lipinski definition) is 2. The fraction of sp³-hybridized carbons (Fsp3) is 0.593. The second-order valence-electron chi connectivity index (χ2n) is 9.66. The molecule has 2 N–H and O–H groups in total. The predicted octanol–water partition coefficient (Wildman–Crippen LogP) is 6.36. The number of benzene rings is 1. The van der Waals surface area contributed by atoms with Gasteiger partial charge in [0.1, 0.15) is 11.5 Å². The van der Waals surface area contributed by atoms with Gasteiger partial charge in [0.25, 0.3) is 0 Å². The Kier molecular flexibility index (Phi) is 7.51. The van der Waals surface area contributed by atoms with Gasteiger partial charge in [0, 0.05) is 36.6 Å². The Labute approximate surface area is 187 Å². The molecule has 4 heteroatoms. The molecule has 2 atom stereocenters. The first-order valence-electron chi connectivity index (χ1n) is 11.9. The van der Waals surface area contributed by atoms with Gasteiger partial charge in [-0.05, 0) is 69.9 Å². The maximum atomic E-state index is 12.3. The van der Waals surface area contributed by atoms with E-state index in [-0.39, 0.29) is 35.3 Å². The van der Waals surface area contributed by atoms with Crippen molar-refractivity contribution < 1.29 is 15.0 Å². The quantitative estimate of drug-likeness (QED) is 0.357. The van der Waals surface area contributed by atoms with E-state index in [1.165, 1.54) is 5.57 Å². The minimum Gasteiger partial charge on any atom is -0.507 e. The average molecular weight is 426 g/mol. The number of amides is 1. The van der Waals surface area contributed by atoms with Crippen LogP contribution < -0.4 is 0 Å². The highest BCUT2D eigenvalue weighted by Crippen LogP contribution is 2.48. The SMILES string of the molecule is C=C(C)C1CCC(C)=CC1c1c(O)cc(CCCCC)c(CN(C(C)=O)C2CC2)c1O. The van der Waals surface area contributed by atoms with Gasteiger partial charge >= 0.3 is 0 Å². The number of hydrogen-bond acceptors (Lipinski definition) is 3. The van der Waals surface area contributed by atoms with Crippen molar-refractivity contribution in [3.63, 3.8) is 0 Å². The van der Waals surface area contributed by atoms with Gasteiger partial charge in [-0.1, -0.05) is 43.6 Å². The molecule has 2 aliphatic rings. The number of allylic oxidation sites excluding steroid dienone is 3. The molecule has 0 aromatic heterocycles. The monoisotopic (exact) mass is 425 g/mol. The van der Waals surface area contributed by atoms with Crippen LogP contribution in [0.5, 0.6) is 11.5 Å². The first-order valence-corrected chi connectivity index (χ1v) is 11.9. The van der Waals surface area contributed by atoms with E-state index in [4.69, 9.17) is 0 Å². The normalized spacial score (nSPS) is 21.0. The molecule has 0 spiro atoms. The predicted molar refractivity (Wildman–Crippen MR) is 126 cm³/mol. The maximum absolute atomic E-state index is 12.3. The molecule has 0 bridgehead atoms. The summed E-state index contributed by atoms with van der Waals surface area (Å²) in [5.74, 6) is 0.466. The number of phenols is 2. The average Bonchev–Trinajstić information content (AvgIpc) is 3.52. The summed E-state index contributed by atoms with van der Waals surface area (Å²) in [5.41, 5.74) is 4.72. The van der Waals surface area contributed by atoms with Crippen LogP contribution in [0.3, 0.4) is 0 Å². The highest BCUT2D eigenvalue weighted by molar-refractivity contribution is 5.74. The molecule has 31 heavy (non-hydrogen) atoms. The Morgan fingerprint density at radius 3 is 2.48 bits per heavy atom. The summed E-state index contributed by atoms with van der Waals surface area (Å²) >= 11 is 0. The summed E-state index contributed by atoms with van der Waals surface area (Å²) in [6.07, 6.45) is 10.2. The Balaban J connectivity index is 2.08. The van der Waals surface area contributed by atoms with Crippen LogP contribution in [-0.2, 0) is 17.8 Å². The minimum atomic E-state index is -0.0959. The lowest BCUT2D eigenvalue weighted by molar-refractivity contribution is -0.130. The van der Waals surface area contributed by atoms with Crippen molar-refractivity contribution in [2.45, 2.75) is 97.6 Å². The molecule has 1 amide bonds. The van der Waals surface area contributed by atoms with E-state index in [9.17, 15) is 15.0 Å². The molecule has 4 nitrogen and oxygen atoms in total. The van der Waals surface area contributed by atoms with Crippen LogP contribution in [0.4, 0.5) is 0 Å². The summed E-state index contributed by atoms with van der Waals surface area (Å²) in [6, 6.07) is 2.12. The van der Waals surface area contributed by atoms with Gasteiger partial charge in [-0.3, -0.25) is 4.79 Å². The minimum absolute atomic E-state index is 0.0456. The third-order valence-electron chi connectivity index (χ3n) is 7.00. The molecular formula is C27H39NO3. The van der Waals surface area contributed by atoms with Crippen LogP contribution in [0.1, 0.15) is 95.2 Å². The Bertz CT molecular complexity index is 866. The van der Waals surface area contributed by atoms with Crippen LogP contribution in [0.15, 0.2) is 29.9 Å². The number of phenolic OH excluding ortho intramolecular Hbond substituents is 2. The van der Waals surface area contributed by atoms with Gasteiger partial charge in [0.2, 0.25) is 5.91 Å². The molecule has 2 aliphatic carbocycles. The molecule has 3 rings (SSSR count). The lowest BCUT2D eigenvalue weighted by atomic mass is 9.73. The van der Waals surface area contributed by atoms with Gasteiger partial charge in [0.15, 0.2) is 0 Å². The summed E-state index contributed by atoms with van der Waals surface area (Å²) < 4.78 is 0. The van der Waals surface area contributed by atoms with Crippen molar-refractivity contribution in [1.29, 1.82) is 0 Å². The number of carbonyl (C=O) groups excluding carboxylic acids is 1. The smallest absolute Gasteiger partial charge is 0.219 e. The van der Waals surface area contributed by atoms with Crippen LogP contribution in [0.25, 0.3) is 0 Å². The summed E-state index contributed by atoms with van der Waals surface area (Å²) in [7, 11) is 0. The zero-order valence-electron chi connectivity index (χ0n) is 19.7. The van der Waals surface area contributed by atoms with E-state index in [1.54, 1.807) is 6.92 Å². The molecule has 2 unspecified atom stereocenters. The van der Waals surface area contributed by atoms with Crippen LogP contribution >= 0.6 is 0 Å². The molecular weight excluding hydrogens is 386 g/mol. The lowest BCUT2D eigenvalue weighted by Crippen LogP contribution is -2.31. The van der Waals surface area contributed by atoms with E-state index in [0.29, 0.717) is 12.1 Å². The van der Waals surface area contributed by atoms with Crippen molar-refractivity contribution in [3.05, 3.63) is 46.6 Å². The molecule has 0 radical (unpaired) electrons. The van der Waals surface area contributed by atoms with E-state index in [1.807, 2.05) is 17.9 Å². The van der Waals surface area contributed by atoms with Crippen LogP contribution in [-0.4, -0.2) is 27.1 Å². The molecule has 0 heterocycles. The summed E-state index contributed by atoms with van der Waals surface area (Å²) in [4.78, 5) is 14.2. The number of unbranched alkanes of at least 4 members (excludes halogenated alkanes) is 2. The van der Waals surface area contributed by atoms with Gasteiger partial charge in [-0.2, -0.15) is 0 Å².